The molecule has 9 heteroatoms. The first-order valence-corrected chi connectivity index (χ1v) is 12.5. The van der Waals surface area contributed by atoms with Gasteiger partial charge in [0.25, 0.3) is 0 Å². The van der Waals surface area contributed by atoms with E-state index in [0.717, 1.165) is 49.8 Å². The van der Waals surface area contributed by atoms with Gasteiger partial charge < -0.3 is 5.32 Å². The number of alkyl halides is 3. The van der Waals surface area contributed by atoms with E-state index in [4.69, 9.17) is 0 Å². The van der Waals surface area contributed by atoms with Crippen molar-refractivity contribution in [3.8, 4) is 0 Å². The molecule has 2 unspecified atom stereocenters. The maximum atomic E-state index is 14.6. The average molecular weight is 516 g/mol. The van der Waals surface area contributed by atoms with E-state index >= 15 is 0 Å². The Hall–Kier alpha value is -3.33. The monoisotopic (exact) mass is 515 g/mol. The fourth-order valence-electron chi connectivity index (χ4n) is 5.08. The van der Waals surface area contributed by atoms with Crippen LogP contribution in [0.1, 0.15) is 60.7 Å². The van der Waals surface area contributed by atoms with Crippen molar-refractivity contribution >= 4 is 6.03 Å². The maximum absolute atomic E-state index is 14.6. The molecule has 1 fully saturated rings. The molecule has 1 N–H and O–H groups in total. The molecule has 1 aliphatic rings. The van der Waals surface area contributed by atoms with E-state index in [1.54, 1.807) is 13.1 Å². The predicted molar refractivity (Wildman–Crippen MR) is 132 cm³/mol. The number of quaternary nitrogens is 1. The van der Waals surface area contributed by atoms with Crippen LogP contribution in [-0.4, -0.2) is 33.6 Å². The summed E-state index contributed by atoms with van der Waals surface area (Å²) in [7, 11) is 1.69. The summed E-state index contributed by atoms with van der Waals surface area (Å²) in [6.07, 6.45) is 3.21. The highest BCUT2D eigenvalue weighted by Crippen LogP contribution is 2.37. The fraction of sp³-hybridized carbons (Fsp3) is 0.393. The highest BCUT2D eigenvalue weighted by atomic mass is 19.4. The summed E-state index contributed by atoms with van der Waals surface area (Å²) in [4.78, 5) is 22.5. The van der Waals surface area contributed by atoms with Crippen molar-refractivity contribution in [2.45, 2.75) is 63.3 Å². The lowest BCUT2D eigenvalue weighted by atomic mass is 9.94. The number of carbonyl (C=O) groups is 1. The first-order chi connectivity index (χ1) is 17.6. The zero-order valence-corrected chi connectivity index (χ0v) is 20.7. The molecule has 0 radical (unpaired) electrons. The third-order valence-corrected chi connectivity index (χ3v) is 7.07. The molecule has 1 aliphatic carbocycles. The van der Waals surface area contributed by atoms with Crippen molar-refractivity contribution in [3.05, 3.63) is 95.3 Å². The van der Waals surface area contributed by atoms with Gasteiger partial charge in [0.15, 0.2) is 0 Å². The molecule has 4 rings (SSSR count). The third kappa shape index (κ3) is 6.71. The molecule has 37 heavy (non-hydrogen) atoms. The van der Waals surface area contributed by atoms with Gasteiger partial charge in [0.2, 0.25) is 0 Å². The number of amides is 2. The Labute approximate surface area is 214 Å². The van der Waals surface area contributed by atoms with Gasteiger partial charge in [-0.05, 0) is 37.1 Å². The molecule has 196 valence electrons. The molecule has 1 aromatic heterocycles. The van der Waals surface area contributed by atoms with Crippen LogP contribution in [0.4, 0.5) is 22.4 Å². The van der Waals surface area contributed by atoms with Gasteiger partial charge >= 0.3 is 12.2 Å². The van der Waals surface area contributed by atoms with Gasteiger partial charge in [-0.3, -0.25) is 0 Å². The molecular weight excluding hydrogens is 484 g/mol. The lowest BCUT2D eigenvalue weighted by molar-refractivity contribution is -0.876. The first kappa shape index (κ1) is 26.7. The third-order valence-electron chi connectivity index (χ3n) is 7.07. The number of halogens is 4. The molecule has 2 amide bonds. The Balaban J connectivity index is 1.82. The standard InChI is InChI=1S/C28H30F4N4O/c1-36(19-20-9-4-2-5-10-20,27(37)35-24-11-6-3-7-12-24)25(18-26-33-13-8-14-34-26)21-15-22(28(30,31)32)17-23(29)16-21/h2,4-5,8-10,13-17,24-25H,3,6-7,11-12,18-19H2,1H3/p+1. The minimum atomic E-state index is -4.74. The molecule has 0 aliphatic heterocycles. The Morgan fingerprint density at radius 2 is 1.70 bits per heavy atom. The molecule has 0 bridgehead atoms. The molecule has 0 saturated heterocycles. The molecule has 3 aromatic rings. The largest absolute Gasteiger partial charge is 0.417 e. The van der Waals surface area contributed by atoms with E-state index in [9.17, 15) is 22.4 Å². The summed E-state index contributed by atoms with van der Waals surface area (Å²) in [6.45, 7) is 0.189. The normalized spacial score (nSPS) is 17.1. The molecule has 1 heterocycles. The summed E-state index contributed by atoms with van der Waals surface area (Å²) in [5, 5.41) is 3.15. The van der Waals surface area contributed by atoms with E-state index in [1.165, 1.54) is 12.4 Å². The Morgan fingerprint density at radius 1 is 1.03 bits per heavy atom. The lowest BCUT2D eigenvalue weighted by Gasteiger charge is -2.40. The SMILES string of the molecule is C[N+](Cc1ccccc1)(C(=O)NC1CCCCC1)C(Cc1ncccn1)c1cc(F)cc(C(F)(F)F)c1. The molecule has 2 aromatic carbocycles. The number of hydrogen-bond donors (Lipinski definition) is 1. The van der Waals surface area contributed by atoms with Crippen molar-refractivity contribution in [1.29, 1.82) is 0 Å². The summed E-state index contributed by atoms with van der Waals surface area (Å²) < 4.78 is 55.3. The minimum absolute atomic E-state index is 0.0126. The van der Waals surface area contributed by atoms with Crippen molar-refractivity contribution in [1.82, 2.24) is 15.3 Å². The first-order valence-electron chi connectivity index (χ1n) is 12.5. The van der Waals surface area contributed by atoms with Crippen LogP contribution >= 0.6 is 0 Å². The van der Waals surface area contributed by atoms with Gasteiger partial charge in [0.05, 0.1) is 19.0 Å². The number of urea groups is 1. The molecule has 0 spiro atoms. The van der Waals surface area contributed by atoms with Crippen LogP contribution in [0, 0.1) is 5.82 Å². The minimum Gasteiger partial charge on any atom is -0.303 e. The van der Waals surface area contributed by atoms with Gasteiger partial charge in [-0.2, -0.15) is 13.2 Å². The van der Waals surface area contributed by atoms with Crippen LogP contribution in [0.5, 0.6) is 0 Å². The molecule has 2 atom stereocenters. The number of nitrogens with one attached hydrogen (secondary N) is 1. The van der Waals surface area contributed by atoms with Crippen LogP contribution in [0.15, 0.2) is 67.0 Å². The number of aromatic nitrogens is 2. The quantitative estimate of drug-likeness (QED) is 0.285. The van der Waals surface area contributed by atoms with Crippen molar-refractivity contribution < 1.29 is 26.8 Å². The van der Waals surface area contributed by atoms with Crippen LogP contribution in [0.3, 0.4) is 0 Å². The van der Waals surface area contributed by atoms with Gasteiger partial charge in [-0.15, -0.1) is 0 Å². The van der Waals surface area contributed by atoms with E-state index in [0.29, 0.717) is 11.9 Å². The number of benzene rings is 2. The van der Waals surface area contributed by atoms with Crippen molar-refractivity contribution in [2.75, 3.05) is 7.05 Å². The average Bonchev–Trinajstić information content (AvgIpc) is 2.88. The van der Waals surface area contributed by atoms with E-state index < -0.39 is 23.6 Å². The number of rotatable bonds is 7. The van der Waals surface area contributed by atoms with Crippen LogP contribution in [-0.2, 0) is 19.1 Å². The van der Waals surface area contributed by atoms with Gasteiger partial charge in [0, 0.05) is 29.6 Å². The summed E-state index contributed by atoms with van der Waals surface area (Å²) in [6, 6.07) is 12.2. The molecule has 1 saturated carbocycles. The van der Waals surface area contributed by atoms with E-state index in [2.05, 4.69) is 15.3 Å². The second-order valence-corrected chi connectivity index (χ2v) is 9.85. The Bertz CT molecular complexity index is 1180. The van der Waals surface area contributed by atoms with Crippen molar-refractivity contribution in [2.24, 2.45) is 0 Å². The molecular formula is C28H31F4N4O+. The second-order valence-electron chi connectivity index (χ2n) is 9.85. The number of hydrogen-bond acceptors (Lipinski definition) is 3. The smallest absolute Gasteiger partial charge is 0.303 e. The number of likely N-dealkylation sites (N-methyl/N-ethyl adjacent to an activating group) is 1. The maximum Gasteiger partial charge on any atom is 0.417 e. The summed E-state index contributed by atoms with van der Waals surface area (Å²) >= 11 is 0. The zero-order valence-electron chi connectivity index (χ0n) is 20.7. The van der Waals surface area contributed by atoms with Gasteiger partial charge in [-0.1, -0.05) is 49.6 Å². The Kier molecular flexibility index (Phi) is 8.22. The Morgan fingerprint density at radius 3 is 2.35 bits per heavy atom. The molecule has 5 nitrogen and oxygen atoms in total. The summed E-state index contributed by atoms with van der Waals surface area (Å²) in [5.74, 6) is -0.657. The van der Waals surface area contributed by atoms with Crippen LogP contribution < -0.4 is 5.32 Å². The predicted octanol–water partition coefficient (Wildman–Crippen LogP) is 6.61. The van der Waals surface area contributed by atoms with E-state index in [1.807, 2.05) is 30.3 Å². The van der Waals surface area contributed by atoms with Crippen LogP contribution in [0.2, 0.25) is 0 Å². The van der Waals surface area contributed by atoms with Gasteiger partial charge in [0.1, 0.15) is 24.2 Å². The van der Waals surface area contributed by atoms with Crippen LogP contribution in [0.25, 0.3) is 0 Å². The van der Waals surface area contributed by atoms with Crippen molar-refractivity contribution in [3.63, 3.8) is 0 Å². The zero-order chi connectivity index (χ0) is 26.5. The lowest BCUT2D eigenvalue weighted by Crippen LogP contribution is -2.58. The second kappa shape index (κ2) is 11.4. The number of carbonyl (C=O) groups excluding carboxylic acids is 1. The fourth-order valence-corrected chi connectivity index (χ4v) is 5.08. The van der Waals surface area contributed by atoms with Gasteiger partial charge in [-0.25, -0.2) is 23.6 Å². The topological polar surface area (TPSA) is 54.9 Å². The highest BCUT2D eigenvalue weighted by Gasteiger charge is 2.44. The number of nitrogens with zero attached hydrogens (tertiary/aromatic N) is 3. The summed E-state index contributed by atoms with van der Waals surface area (Å²) in [5.41, 5.74) is -0.201. The highest BCUT2D eigenvalue weighted by molar-refractivity contribution is 5.67. The van der Waals surface area contributed by atoms with E-state index in [-0.39, 0.29) is 35.1 Å².